The highest BCUT2D eigenvalue weighted by Gasteiger charge is 2.26. The van der Waals surface area contributed by atoms with E-state index in [1.165, 1.54) is 89.9 Å². The maximum atomic E-state index is 12.4. The molecule has 0 spiro atoms. The standard InChI is InChI=1S/C30H61O9P/c1-3-5-7-9-11-13-14-16-18-20-22-30(33)39-29(27-38-40(34,35)37-25-28(32)24-31)26-36-23-21-19-17-15-12-10-8-6-4-2/h28-29,31-32H,3-27H2,1-2H3,(H,34,35). The van der Waals surface area contributed by atoms with E-state index in [0.717, 1.165) is 32.1 Å². The topological polar surface area (TPSA) is 132 Å². The highest BCUT2D eigenvalue weighted by molar-refractivity contribution is 7.47. The van der Waals surface area contributed by atoms with Crippen molar-refractivity contribution in [3.8, 4) is 0 Å². The fourth-order valence-corrected chi connectivity index (χ4v) is 5.08. The van der Waals surface area contributed by atoms with Crippen LogP contribution >= 0.6 is 7.82 Å². The van der Waals surface area contributed by atoms with Crippen molar-refractivity contribution in [2.45, 2.75) is 154 Å². The first-order valence-corrected chi connectivity index (χ1v) is 17.5. The Kier molecular flexibility index (Phi) is 28.2. The van der Waals surface area contributed by atoms with Crippen molar-refractivity contribution in [1.29, 1.82) is 0 Å². The van der Waals surface area contributed by atoms with Gasteiger partial charge in [-0.2, -0.15) is 0 Å². The number of phosphoric acid groups is 1. The first-order chi connectivity index (χ1) is 19.3. The lowest BCUT2D eigenvalue weighted by molar-refractivity contribution is -0.154. The second-order valence-corrected chi connectivity index (χ2v) is 12.3. The third kappa shape index (κ3) is 27.6. The number of carbonyl (C=O) groups excluding carboxylic acids is 1. The van der Waals surface area contributed by atoms with Crippen LogP contribution in [0, 0.1) is 0 Å². The molecule has 0 heterocycles. The van der Waals surface area contributed by atoms with Crippen LogP contribution in [-0.2, 0) is 27.9 Å². The normalized spacial score (nSPS) is 14.6. The Hall–Kier alpha value is -0.540. The maximum Gasteiger partial charge on any atom is 0.472 e. The summed E-state index contributed by atoms with van der Waals surface area (Å²) in [4.78, 5) is 22.3. The van der Waals surface area contributed by atoms with Crippen molar-refractivity contribution in [2.24, 2.45) is 0 Å². The van der Waals surface area contributed by atoms with Gasteiger partial charge in [-0.25, -0.2) is 4.57 Å². The van der Waals surface area contributed by atoms with Gasteiger partial charge in [0.25, 0.3) is 0 Å². The van der Waals surface area contributed by atoms with Crippen LogP contribution in [0.3, 0.4) is 0 Å². The van der Waals surface area contributed by atoms with Crippen LogP contribution in [0.25, 0.3) is 0 Å². The van der Waals surface area contributed by atoms with Crippen LogP contribution in [0.2, 0.25) is 0 Å². The molecule has 0 radical (unpaired) electrons. The molecule has 0 saturated heterocycles. The van der Waals surface area contributed by atoms with E-state index >= 15 is 0 Å². The molecular weight excluding hydrogens is 535 g/mol. The Bertz CT molecular complexity index is 606. The van der Waals surface area contributed by atoms with Crippen LogP contribution in [0.15, 0.2) is 0 Å². The highest BCUT2D eigenvalue weighted by Crippen LogP contribution is 2.43. The molecule has 0 aliphatic carbocycles. The molecule has 240 valence electrons. The molecule has 0 aromatic carbocycles. The Morgan fingerprint density at radius 1 is 0.675 bits per heavy atom. The summed E-state index contributed by atoms with van der Waals surface area (Å²) in [5.41, 5.74) is 0. The van der Waals surface area contributed by atoms with Gasteiger partial charge in [-0.3, -0.25) is 13.8 Å². The van der Waals surface area contributed by atoms with E-state index in [-0.39, 0.29) is 25.6 Å². The number of rotatable bonds is 31. The summed E-state index contributed by atoms with van der Waals surface area (Å²) in [5, 5.41) is 18.2. The van der Waals surface area contributed by atoms with Gasteiger partial charge < -0.3 is 24.6 Å². The Morgan fingerprint density at radius 2 is 1.12 bits per heavy atom. The maximum absolute atomic E-state index is 12.4. The van der Waals surface area contributed by atoms with Crippen LogP contribution in [0.1, 0.15) is 142 Å². The molecular formula is C30H61O9P. The molecule has 3 N–H and O–H groups in total. The average molecular weight is 597 g/mol. The predicted octanol–water partition coefficient (Wildman–Crippen LogP) is 7.24. The van der Waals surface area contributed by atoms with Crippen LogP contribution in [0.4, 0.5) is 0 Å². The van der Waals surface area contributed by atoms with Crippen molar-refractivity contribution in [2.75, 3.05) is 33.0 Å². The molecule has 0 fully saturated rings. The SMILES string of the molecule is CCCCCCCCCCCCC(=O)OC(COCCCCCCCCCCC)COP(=O)(O)OCC(O)CO. The first-order valence-electron chi connectivity index (χ1n) is 16.0. The number of aliphatic hydroxyl groups is 2. The van der Waals surface area contributed by atoms with Gasteiger partial charge in [0.2, 0.25) is 0 Å². The number of unbranched alkanes of at least 4 members (excludes halogenated alkanes) is 17. The Labute approximate surface area is 244 Å². The van der Waals surface area contributed by atoms with Gasteiger partial charge in [-0.05, 0) is 12.8 Å². The summed E-state index contributed by atoms with van der Waals surface area (Å²) in [6.07, 6.45) is 20.7. The van der Waals surface area contributed by atoms with Gasteiger partial charge in [-0.1, -0.05) is 123 Å². The van der Waals surface area contributed by atoms with Crippen molar-refractivity contribution in [1.82, 2.24) is 0 Å². The van der Waals surface area contributed by atoms with Gasteiger partial charge >= 0.3 is 13.8 Å². The largest absolute Gasteiger partial charge is 0.472 e. The minimum atomic E-state index is -4.49. The molecule has 0 rings (SSSR count). The lowest BCUT2D eigenvalue weighted by Gasteiger charge is -2.20. The van der Waals surface area contributed by atoms with Crippen LogP contribution in [0.5, 0.6) is 0 Å². The number of ether oxygens (including phenoxy) is 2. The summed E-state index contributed by atoms with van der Waals surface area (Å²) in [5.74, 6) is -0.385. The predicted molar refractivity (Wildman–Crippen MR) is 159 cm³/mol. The third-order valence-corrected chi connectivity index (χ3v) is 7.74. The van der Waals surface area contributed by atoms with Crippen LogP contribution in [-0.4, -0.2) is 66.3 Å². The molecule has 0 aromatic heterocycles. The second-order valence-electron chi connectivity index (χ2n) is 10.8. The zero-order valence-corrected chi connectivity index (χ0v) is 26.5. The molecule has 3 unspecified atom stereocenters. The molecule has 0 aliphatic rings. The first kappa shape index (κ1) is 39.5. The van der Waals surface area contributed by atoms with Crippen molar-refractivity contribution in [3.05, 3.63) is 0 Å². The second kappa shape index (κ2) is 28.6. The number of esters is 1. The Balaban J connectivity index is 4.30. The zero-order valence-electron chi connectivity index (χ0n) is 25.6. The number of phosphoric ester groups is 1. The van der Waals surface area contributed by atoms with E-state index < -0.39 is 33.2 Å². The lowest BCUT2D eigenvalue weighted by Crippen LogP contribution is -2.29. The van der Waals surface area contributed by atoms with E-state index in [0.29, 0.717) is 6.61 Å². The summed E-state index contributed by atoms with van der Waals surface area (Å²) >= 11 is 0. The molecule has 0 amide bonds. The fourth-order valence-electron chi connectivity index (χ4n) is 4.29. The quantitative estimate of drug-likeness (QED) is 0.0430. The molecule has 0 aromatic rings. The minimum Gasteiger partial charge on any atom is -0.457 e. The van der Waals surface area contributed by atoms with Gasteiger partial charge in [0, 0.05) is 13.0 Å². The van der Waals surface area contributed by atoms with Crippen molar-refractivity contribution >= 4 is 13.8 Å². The minimum absolute atomic E-state index is 0.0556. The molecule has 0 bridgehead atoms. The molecule has 3 atom stereocenters. The van der Waals surface area contributed by atoms with Gasteiger partial charge in [0.05, 0.1) is 26.4 Å². The fraction of sp³-hybridized carbons (Fsp3) is 0.967. The van der Waals surface area contributed by atoms with Crippen molar-refractivity contribution < 1.29 is 43.0 Å². The molecule has 0 saturated carbocycles. The van der Waals surface area contributed by atoms with Crippen molar-refractivity contribution in [3.63, 3.8) is 0 Å². The summed E-state index contributed by atoms with van der Waals surface area (Å²) in [7, 11) is -4.49. The Morgan fingerprint density at radius 3 is 1.62 bits per heavy atom. The van der Waals surface area contributed by atoms with E-state index in [2.05, 4.69) is 18.4 Å². The van der Waals surface area contributed by atoms with E-state index in [9.17, 15) is 19.4 Å². The van der Waals surface area contributed by atoms with E-state index in [1.807, 2.05) is 0 Å². The number of carbonyl (C=O) groups is 1. The highest BCUT2D eigenvalue weighted by atomic mass is 31.2. The molecule has 40 heavy (non-hydrogen) atoms. The smallest absolute Gasteiger partial charge is 0.457 e. The van der Waals surface area contributed by atoms with Gasteiger partial charge in [0.1, 0.15) is 12.2 Å². The summed E-state index contributed by atoms with van der Waals surface area (Å²) in [6.45, 7) is 3.48. The molecule has 10 heteroatoms. The monoisotopic (exact) mass is 596 g/mol. The zero-order chi connectivity index (χ0) is 29.7. The van der Waals surface area contributed by atoms with Gasteiger partial charge in [0.15, 0.2) is 0 Å². The van der Waals surface area contributed by atoms with E-state index in [4.69, 9.17) is 19.1 Å². The summed E-state index contributed by atoms with van der Waals surface area (Å²) < 4.78 is 33.0. The third-order valence-electron chi connectivity index (χ3n) is 6.79. The van der Waals surface area contributed by atoms with Crippen LogP contribution < -0.4 is 0 Å². The number of aliphatic hydroxyl groups excluding tert-OH is 2. The van der Waals surface area contributed by atoms with Gasteiger partial charge in [-0.15, -0.1) is 0 Å². The summed E-state index contributed by atoms with van der Waals surface area (Å²) in [6, 6.07) is 0. The number of hydrogen-bond donors (Lipinski definition) is 3. The average Bonchev–Trinajstić information content (AvgIpc) is 2.94. The lowest BCUT2D eigenvalue weighted by atomic mass is 10.1. The molecule has 9 nitrogen and oxygen atoms in total. The van der Waals surface area contributed by atoms with E-state index in [1.54, 1.807) is 0 Å². The molecule has 0 aliphatic heterocycles. The number of hydrogen-bond acceptors (Lipinski definition) is 8.